The van der Waals surface area contributed by atoms with Gasteiger partial charge in [0.05, 0.1) is 6.04 Å². The van der Waals surface area contributed by atoms with E-state index in [1.54, 1.807) is 0 Å². The number of amides is 1. The van der Waals surface area contributed by atoms with Crippen molar-refractivity contribution in [3.63, 3.8) is 0 Å². The summed E-state index contributed by atoms with van der Waals surface area (Å²) in [4.78, 5) is 29.6. The molecule has 2 heterocycles. The number of nitrogens with zero attached hydrogens (tertiary/aromatic N) is 4. The molecule has 1 atom stereocenters. The lowest BCUT2D eigenvalue weighted by Gasteiger charge is -2.25. The van der Waals surface area contributed by atoms with E-state index in [0.717, 1.165) is 36.1 Å². The molecule has 0 bridgehead atoms. The highest BCUT2D eigenvalue weighted by Crippen LogP contribution is 2.29. The molecule has 3 N–H and O–H groups in total. The predicted octanol–water partition coefficient (Wildman–Crippen LogP) is 2.32. The van der Waals surface area contributed by atoms with Crippen molar-refractivity contribution in [2.45, 2.75) is 25.3 Å². The molecule has 0 fully saturated rings. The maximum atomic E-state index is 12.5. The van der Waals surface area contributed by atoms with E-state index in [1.165, 1.54) is 12.4 Å². The molecule has 7 heteroatoms. The van der Waals surface area contributed by atoms with Crippen molar-refractivity contribution in [1.82, 2.24) is 25.3 Å². The van der Waals surface area contributed by atoms with Crippen LogP contribution in [0.1, 0.15) is 40.6 Å². The van der Waals surface area contributed by atoms with Crippen LogP contribution in [0.25, 0.3) is 11.4 Å². The first-order valence-corrected chi connectivity index (χ1v) is 8.51. The first kappa shape index (κ1) is 16.1. The third kappa shape index (κ3) is 3.11. The molecule has 0 spiro atoms. The fourth-order valence-corrected chi connectivity index (χ4v) is 3.17. The molecule has 0 radical (unpaired) electrons. The number of benzene rings is 1. The van der Waals surface area contributed by atoms with Crippen LogP contribution in [-0.2, 0) is 6.42 Å². The van der Waals surface area contributed by atoms with Crippen LogP contribution in [0.4, 0.5) is 5.82 Å². The highest BCUT2D eigenvalue weighted by Gasteiger charge is 2.25. The number of carbonyl (C=O) groups excluding carboxylic acids is 1. The molecule has 0 saturated carbocycles. The molecule has 26 heavy (non-hydrogen) atoms. The standard InChI is InChI=1S/C19H18N6O/c20-17-16(21-9-10-22-17)19(26)25-15-8-4-7-14-13(15)11-23-18(24-14)12-5-2-1-3-6-12/h1-3,5-6,9-11,15H,4,7-8H2,(H2,20,22)(H,25,26). The third-order valence-electron chi connectivity index (χ3n) is 4.46. The summed E-state index contributed by atoms with van der Waals surface area (Å²) in [5.74, 6) is 0.492. The molecule has 0 aliphatic heterocycles. The number of nitrogens with one attached hydrogen (secondary N) is 1. The van der Waals surface area contributed by atoms with Crippen LogP contribution < -0.4 is 11.1 Å². The monoisotopic (exact) mass is 346 g/mol. The molecule has 4 rings (SSSR count). The Bertz CT molecular complexity index is 944. The van der Waals surface area contributed by atoms with Crippen LogP contribution in [0.2, 0.25) is 0 Å². The maximum Gasteiger partial charge on any atom is 0.274 e. The van der Waals surface area contributed by atoms with Crippen molar-refractivity contribution in [2.75, 3.05) is 5.73 Å². The maximum absolute atomic E-state index is 12.5. The number of carbonyl (C=O) groups is 1. The van der Waals surface area contributed by atoms with Gasteiger partial charge >= 0.3 is 0 Å². The molecule has 3 aromatic rings. The molecular formula is C19H18N6O. The van der Waals surface area contributed by atoms with E-state index in [1.807, 2.05) is 36.5 Å². The molecule has 0 saturated heterocycles. The normalized spacial score (nSPS) is 15.9. The zero-order chi connectivity index (χ0) is 17.9. The molecule has 1 amide bonds. The van der Waals surface area contributed by atoms with Crippen LogP contribution >= 0.6 is 0 Å². The molecule has 2 aromatic heterocycles. The van der Waals surface area contributed by atoms with Gasteiger partial charge in [-0.05, 0) is 19.3 Å². The Hall–Kier alpha value is -3.35. The quantitative estimate of drug-likeness (QED) is 0.754. The number of hydrogen-bond acceptors (Lipinski definition) is 6. The van der Waals surface area contributed by atoms with Gasteiger partial charge in [0.2, 0.25) is 0 Å². The minimum Gasteiger partial charge on any atom is -0.382 e. The molecule has 1 unspecified atom stereocenters. The summed E-state index contributed by atoms with van der Waals surface area (Å²) in [7, 11) is 0. The van der Waals surface area contributed by atoms with Crippen LogP contribution in [0.3, 0.4) is 0 Å². The Balaban J connectivity index is 1.60. The van der Waals surface area contributed by atoms with Crippen LogP contribution in [0.5, 0.6) is 0 Å². The molecule has 7 nitrogen and oxygen atoms in total. The Morgan fingerprint density at radius 3 is 2.73 bits per heavy atom. The molecule has 1 aromatic carbocycles. The predicted molar refractivity (Wildman–Crippen MR) is 97.1 cm³/mol. The Morgan fingerprint density at radius 1 is 1.12 bits per heavy atom. The van der Waals surface area contributed by atoms with E-state index in [9.17, 15) is 4.79 Å². The number of hydrogen-bond donors (Lipinski definition) is 2. The average Bonchev–Trinajstić information content (AvgIpc) is 2.69. The van der Waals surface area contributed by atoms with Gasteiger partial charge in [-0.3, -0.25) is 4.79 Å². The number of aryl methyl sites for hydroxylation is 1. The summed E-state index contributed by atoms with van der Waals surface area (Å²) in [5.41, 5.74) is 8.79. The minimum absolute atomic E-state index is 0.122. The van der Waals surface area contributed by atoms with Crippen molar-refractivity contribution < 1.29 is 4.79 Å². The van der Waals surface area contributed by atoms with Gasteiger partial charge in [0, 0.05) is 35.4 Å². The Kier molecular flexibility index (Phi) is 4.27. The van der Waals surface area contributed by atoms with Gasteiger partial charge in [-0.15, -0.1) is 0 Å². The summed E-state index contributed by atoms with van der Waals surface area (Å²) in [6, 6.07) is 9.71. The number of nitrogens with two attached hydrogens (primary N) is 1. The van der Waals surface area contributed by atoms with Gasteiger partial charge in [-0.2, -0.15) is 0 Å². The molecular weight excluding hydrogens is 328 g/mol. The lowest BCUT2D eigenvalue weighted by Crippen LogP contribution is -2.32. The first-order valence-electron chi connectivity index (χ1n) is 8.51. The van der Waals surface area contributed by atoms with E-state index < -0.39 is 0 Å². The lowest BCUT2D eigenvalue weighted by atomic mass is 9.92. The van der Waals surface area contributed by atoms with E-state index in [4.69, 9.17) is 10.7 Å². The first-order chi connectivity index (χ1) is 12.7. The van der Waals surface area contributed by atoms with Gasteiger partial charge in [-0.25, -0.2) is 19.9 Å². The molecule has 130 valence electrons. The molecule has 1 aliphatic carbocycles. The lowest BCUT2D eigenvalue weighted by molar-refractivity contribution is 0.0928. The van der Waals surface area contributed by atoms with Gasteiger partial charge < -0.3 is 11.1 Å². The number of rotatable bonds is 3. The fraction of sp³-hybridized carbons (Fsp3) is 0.211. The van der Waals surface area contributed by atoms with Crippen molar-refractivity contribution in [1.29, 1.82) is 0 Å². The van der Waals surface area contributed by atoms with Crippen LogP contribution in [0.15, 0.2) is 48.9 Å². The SMILES string of the molecule is Nc1nccnc1C(=O)NC1CCCc2nc(-c3ccccc3)ncc21. The zero-order valence-electron chi connectivity index (χ0n) is 14.1. The van der Waals surface area contributed by atoms with Crippen molar-refractivity contribution >= 4 is 11.7 Å². The summed E-state index contributed by atoms with van der Waals surface area (Å²) < 4.78 is 0. The van der Waals surface area contributed by atoms with Crippen LogP contribution in [0, 0.1) is 0 Å². The third-order valence-corrected chi connectivity index (χ3v) is 4.46. The Labute approximate surface area is 150 Å². The van der Waals surface area contributed by atoms with E-state index >= 15 is 0 Å². The topological polar surface area (TPSA) is 107 Å². The van der Waals surface area contributed by atoms with Crippen molar-refractivity contribution in [3.05, 3.63) is 65.9 Å². The second-order valence-corrected chi connectivity index (χ2v) is 6.17. The summed E-state index contributed by atoms with van der Waals surface area (Å²) in [5, 5.41) is 2.99. The zero-order valence-corrected chi connectivity index (χ0v) is 14.1. The van der Waals surface area contributed by atoms with Crippen molar-refractivity contribution in [3.8, 4) is 11.4 Å². The second kappa shape index (κ2) is 6.87. The van der Waals surface area contributed by atoms with E-state index in [0.29, 0.717) is 5.82 Å². The second-order valence-electron chi connectivity index (χ2n) is 6.17. The number of aromatic nitrogens is 4. The highest BCUT2D eigenvalue weighted by molar-refractivity contribution is 5.96. The highest BCUT2D eigenvalue weighted by atomic mass is 16.2. The number of fused-ring (bicyclic) bond motifs is 1. The number of nitrogen functional groups attached to an aromatic ring is 1. The fourth-order valence-electron chi connectivity index (χ4n) is 3.17. The van der Waals surface area contributed by atoms with Gasteiger partial charge in [0.1, 0.15) is 0 Å². The number of anilines is 1. The van der Waals surface area contributed by atoms with Gasteiger partial charge in [0.15, 0.2) is 17.3 Å². The summed E-state index contributed by atoms with van der Waals surface area (Å²) in [6.07, 6.45) is 7.37. The van der Waals surface area contributed by atoms with Gasteiger partial charge in [-0.1, -0.05) is 30.3 Å². The smallest absolute Gasteiger partial charge is 0.274 e. The van der Waals surface area contributed by atoms with E-state index in [-0.39, 0.29) is 23.5 Å². The van der Waals surface area contributed by atoms with Crippen LogP contribution in [-0.4, -0.2) is 25.8 Å². The Morgan fingerprint density at radius 2 is 1.92 bits per heavy atom. The summed E-state index contributed by atoms with van der Waals surface area (Å²) in [6.45, 7) is 0. The minimum atomic E-state index is -0.333. The van der Waals surface area contributed by atoms with Crippen molar-refractivity contribution in [2.24, 2.45) is 0 Å². The van der Waals surface area contributed by atoms with Gasteiger partial charge in [0.25, 0.3) is 5.91 Å². The molecule has 1 aliphatic rings. The van der Waals surface area contributed by atoms with E-state index in [2.05, 4.69) is 20.3 Å². The summed E-state index contributed by atoms with van der Waals surface area (Å²) >= 11 is 0. The largest absolute Gasteiger partial charge is 0.382 e. The average molecular weight is 346 g/mol.